The van der Waals surface area contributed by atoms with Crippen molar-refractivity contribution in [3.63, 3.8) is 0 Å². The van der Waals surface area contributed by atoms with Crippen LogP contribution in [0.1, 0.15) is 67.7 Å². The van der Waals surface area contributed by atoms with Gasteiger partial charge in [-0.2, -0.15) is 0 Å². The normalized spacial score (nSPS) is 17.7. The van der Waals surface area contributed by atoms with Gasteiger partial charge in [0.2, 0.25) is 0 Å². The first-order valence-electron chi connectivity index (χ1n) is 10.1. The van der Waals surface area contributed by atoms with Gasteiger partial charge in [-0.25, -0.2) is 4.98 Å². The number of hydrogen-bond acceptors (Lipinski definition) is 3. The third-order valence-corrected chi connectivity index (χ3v) is 5.48. The van der Waals surface area contributed by atoms with E-state index < -0.39 is 0 Å². The average Bonchev–Trinajstić information content (AvgIpc) is 3.36. The van der Waals surface area contributed by atoms with Crippen LogP contribution < -0.4 is 0 Å². The van der Waals surface area contributed by atoms with Crippen molar-refractivity contribution in [3.05, 3.63) is 66.4 Å². The Morgan fingerprint density at radius 3 is 2.86 bits per heavy atom. The quantitative estimate of drug-likeness (QED) is 0.605. The van der Waals surface area contributed by atoms with Gasteiger partial charge in [0, 0.05) is 36.1 Å². The highest BCUT2D eigenvalue weighted by Gasteiger charge is 2.29. The summed E-state index contributed by atoms with van der Waals surface area (Å²) in [4.78, 5) is 20.0. The minimum absolute atomic E-state index is 0.00584. The zero-order valence-corrected chi connectivity index (χ0v) is 16.5. The van der Waals surface area contributed by atoms with Crippen LogP contribution in [0.25, 0.3) is 11.4 Å². The molecule has 1 atom stereocenters. The van der Waals surface area contributed by atoms with Gasteiger partial charge in [-0.05, 0) is 51.0 Å². The van der Waals surface area contributed by atoms with E-state index in [2.05, 4.69) is 23.4 Å². The molecule has 0 spiro atoms. The zero-order chi connectivity index (χ0) is 19.5. The molecule has 1 fully saturated rings. The van der Waals surface area contributed by atoms with Gasteiger partial charge < -0.3 is 13.9 Å². The van der Waals surface area contributed by atoms with Crippen molar-refractivity contribution in [3.8, 4) is 11.4 Å². The van der Waals surface area contributed by atoms with Crippen LogP contribution in [0.4, 0.5) is 0 Å². The Morgan fingerprint density at radius 2 is 2.07 bits per heavy atom. The first-order valence-corrected chi connectivity index (χ1v) is 10.1. The van der Waals surface area contributed by atoms with E-state index in [-0.39, 0.29) is 11.9 Å². The molecule has 5 nitrogen and oxygen atoms in total. The largest absolute Gasteiger partial charge is 0.467 e. The van der Waals surface area contributed by atoms with E-state index in [0.717, 1.165) is 49.4 Å². The number of likely N-dealkylation sites (tertiary alicyclic amines) is 1. The maximum Gasteiger partial charge on any atom is 0.254 e. The van der Waals surface area contributed by atoms with Gasteiger partial charge >= 0.3 is 0 Å². The molecule has 0 N–H and O–H groups in total. The van der Waals surface area contributed by atoms with Crippen molar-refractivity contribution >= 4 is 5.91 Å². The molecule has 1 aromatic carbocycles. The molecule has 3 heterocycles. The number of carbonyl (C=O) groups is 1. The first kappa shape index (κ1) is 18.5. The van der Waals surface area contributed by atoms with Crippen molar-refractivity contribution in [2.75, 3.05) is 6.54 Å². The Hall–Kier alpha value is -2.82. The highest BCUT2D eigenvalue weighted by Crippen LogP contribution is 2.32. The molecule has 0 aliphatic carbocycles. The summed E-state index contributed by atoms with van der Waals surface area (Å²) < 4.78 is 7.79. The third kappa shape index (κ3) is 3.61. The van der Waals surface area contributed by atoms with Gasteiger partial charge in [-0.3, -0.25) is 4.79 Å². The molecule has 5 heteroatoms. The summed E-state index contributed by atoms with van der Waals surface area (Å²) in [5.41, 5.74) is 1.67. The molecule has 1 aliphatic rings. The number of aromatic nitrogens is 2. The fourth-order valence-corrected chi connectivity index (χ4v) is 4.04. The van der Waals surface area contributed by atoms with Gasteiger partial charge in [0.05, 0.1) is 12.3 Å². The lowest BCUT2D eigenvalue weighted by Crippen LogP contribution is -2.34. The molecule has 0 bridgehead atoms. The third-order valence-electron chi connectivity index (χ3n) is 5.48. The van der Waals surface area contributed by atoms with E-state index in [1.54, 1.807) is 6.26 Å². The molecule has 1 saturated heterocycles. The number of hydrogen-bond donors (Lipinski definition) is 0. The first-order chi connectivity index (χ1) is 13.6. The molecule has 1 amide bonds. The minimum Gasteiger partial charge on any atom is -0.467 e. The standard InChI is InChI=1S/C23H27N3O2/c1-17(2)25-14-12-24-22(25)18-8-6-9-19(16-18)23(27)26-13-5-3-4-10-20(26)21-11-7-15-28-21/h6-9,11-12,14-17,20H,3-5,10,13H2,1-2H3. The number of amides is 1. The summed E-state index contributed by atoms with van der Waals surface area (Å²) in [6.07, 6.45) is 9.71. The van der Waals surface area contributed by atoms with Crippen LogP contribution in [0.15, 0.2) is 59.5 Å². The van der Waals surface area contributed by atoms with E-state index in [0.29, 0.717) is 11.6 Å². The summed E-state index contributed by atoms with van der Waals surface area (Å²) >= 11 is 0. The Labute approximate surface area is 166 Å². The molecule has 1 unspecified atom stereocenters. The van der Waals surface area contributed by atoms with Gasteiger partial charge in [0.1, 0.15) is 11.6 Å². The van der Waals surface area contributed by atoms with Crippen LogP contribution in [0.2, 0.25) is 0 Å². The summed E-state index contributed by atoms with van der Waals surface area (Å²) in [5.74, 6) is 1.83. The van der Waals surface area contributed by atoms with Crippen LogP contribution in [0.3, 0.4) is 0 Å². The SMILES string of the molecule is CC(C)n1ccnc1-c1cccc(C(=O)N2CCCCCC2c2ccco2)c1. The number of nitrogens with zero attached hydrogens (tertiary/aromatic N) is 3. The Balaban J connectivity index is 1.66. The van der Waals surface area contributed by atoms with E-state index in [1.807, 2.05) is 53.7 Å². The molecule has 1 aliphatic heterocycles. The molecule has 0 radical (unpaired) electrons. The van der Waals surface area contributed by atoms with Crippen molar-refractivity contribution in [2.24, 2.45) is 0 Å². The molecule has 2 aromatic heterocycles. The van der Waals surface area contributed by atoms with Crippen LogP contribution >= 0.6 is 0 Å². The van der Waals surface area contributed by atoms with Gasteiger partial charge in [0.15, 0.2) is 0 Å². The topological polar surface area (TPSA) is 51.3 Å². The highest BCUT2D eigenvalue weighted by molar-refractivity contribution is 5.95. The number of carbonyl (C=O) groups excluding carboxylic acids is 1. The van der Waals surface area contributed by atoms with E-state index in [4.69, 9.17) is 4.42 Å². The second-order valence-electron chi connectivity index (χ2n) is 7.71. The monoisotopic (exact) mass is 377 g/mol. The second kappa shape index (κ2) is 8.05. The lowest BCUT2D eigenvalue weighted by molar-refractivity contribution is 0.0658. The van der Waals surface area contributed by atoms with Gasteiger partial charge in [-0.15, -0.1) is 0 Å². The summed E-state index contributed by atoms with van der Waals surface area (Å²) in [6.45, 7) is 5.02. The number of furan rings is 1. The van der Waals surface area contributed by atoms with Crippen molar-refractivity contribution in [2.45, 2.75) is 51.6 Å². The summed E-state index contributed by atoms with van der Waals surface area (Å²) in [7, 11) is 0. The van der Waals surface area contributed by atoms with Crippen molar-refractivity contribution < 1.29 is 9.21 Å². The van der Waals surface area contributed by atoms with Crippen molar-refractivity contribution in [1.82, 2.24) is 14.5 Å². The number of rotatable bonds is 4. The smallest absolute Gasteiger partial charge is 0.254 e. The molecular weight excluding hydrogens is 350 g/mol. The van der Waals surface area contributed by atoms with Crippen molar-refractivity contribution in [1.29, 1.82) is 0 Å². The van der Waals surface area contributed by atoms with Crippen LogP contribution in [0.5, 0.6) is 0 Å². The lowest BCUT2D eigenvalue weighted by atomic mass is 10.0. The van der Waals surface area contributed by atoms with E-state index in [9.17, 15) is 4.79 Å². The predicted molar refractivity (Wildman–Crippen MR) is 109 cm³/mol. The fraction of sp³-hybridized carbons (Fsp3) is 0.391. The Morgan fingerprint density at radius 1 is 1.18 bits per heavy atom. The molecular formula is C23H27N3O2. The van der Waals surface area contributed by atoms with Crippen LogP contribution in [-0.4, -0.2) is 26.9 Å². The van der Waals surface area contributed by atoms with Crippen LogP contribution in [-0.2, 0) is 0 Å². The predicted octanol–water partition coefficient (Wildman–Crippen LogP) is 5.48. The molecule has 28 heavy (non-hydrogen) atoms. The second-order valence-corrected chi connectivity index (χ2v) is 7.71. The summed E-state index contributed by atoms with van der Waals surface area (Å²) in [5, 5.41) is 0. The zero-order valence-electron chi connectivity index (χ0n) is 16.5. The lowest BCUT2D eigenvalue weighted by Gasteiger charge is -2.29. The van der Waals surface area contributed by atoms with E-state index >= 15 is 0 Å². The van der Waals surface area contributed by atoms with Crippen LogP contribution in [0, 0.1) is 0 Å². The molecule has 3 aromatic rings. The number of benzene rings is 1. The number of imidazole rings is 1. The molecule has 0 saturated carbocycles. The Bertz CT molecular complexity index is 927. The van der Waals surface area contributed by atoms with E-state index in [1.165, 1.54) is 0 Å². The fourth-order valence-electron chi connectivity index (χ4n) is 4.04. The molecule has 146 valence electrons. The van der Waals surface area contributed by atoms with Gasteiger partial charge in [-0.1, -0.05) is 25.0 Å². The molecule has 4 rings (SSSR count). The maximum atomic E-state index is 13.5. The highest BCUT2D eigenvalue weighted by atomic mass is 16.3. The maximum absolute atomic E-state index is 13.5. The summed E-state index contributed by atoms with van der Waals surface area (Å²) in [6, 6.07) is 12.0. The minimum atomic E-state index is 0.00584. The Kier molecular flexibility index (Phi) is 5.33. The van der Waals surface area contributed by atoms with Gasteiger partial charge in [0.25, 0.3) is 5.91 Å². The average molecular weight is 377 g/mol.